The number of carbonyl (C=O) groups is 2. The van der Waals surface area contributed by atoms with Gasteiger partial charge < -0.3 is 30.2 Å². The highest BCUT2D eigenvalue weighted by Crippen LogP contribution is 2.46. The van der Waals surface area contributed by atoms with Gasteiger partial charge in [-0.3, -0.25) is 9.59 Å². The Morgan fingerprint density at radius 2 is 1.90 bits per heavy atom. The first kappa shape index (κ1) is 30.9. The van der Waals surface area contributed by atoms with Gasteiger partial charge >= 0.3 is 0 Å². The van der Waals surface area contributed by atoms with E-state index in [1.54, 1.807) is 4.90 Å². The fourth-order valence-corrected chi connectivity index (χ4v) is 9.98. The summed E-state index contributed by atoms with van der Waals surface area (Å²) >= 11 is 0. The molecule has 3 heterocycles. The van der Waals surface area contributed by atoms with Gasteiger partial charge in [0.25, 0.3) is 0 Å². The van der Waals surface area contributed by atoms with E-state index in [1.165, 1.54) is 5.56 Å². The van der Waals surface area contributed by atoms with Crippen LogP contribution in [0.15, 0.2) is 48.5 Å². The van der Waals surface area contributed by atoms with Crippen LogP contribution in [0.1, 0.15) is 49.3 Å². The van der Waals surface area contributed by atoms with Crippen molar-refractivity contribution < 1.29 is 24.2 Å². The lowest BCUT2D eigenvalue weighted by Gasteiger charge is -2.37. The molecule has 0 radical (unpaired) electrons. The molecule has 42 heavy (non-hydrogen) atoms. The lowest BCUT2D eigenvalue weighted by atomic mass is 9.93. The van der Waals surface area contributed by atoms with Gasteiger partial charge in [-0.2, -0.15) is 0 Å². The lowest BCUT2D eigenvalue weighted by Crippen LogP contribution is -2.48. The third-order valence-corrected chi connectivity index (χ3v) is 12.1. The summed E-state index contributed by atoms with van der Waals surface area (Å²) in [6.45, 7) is 8.14. The molecule has 9 heteroatoms. The number of rotatable bonds is 9. The molecule has 2 aromatic carbocycles. The van der Waals surface area contributed by atoms with E-state index in [1.807, 2.05) is 49.5 Å². The van der Waals surface area contributed by atoms with Crippen molar-refractivity contribution in [3.8, 4) is 0 Å². The summed E-state index contributed by atoms with van der Waals surface area (Å²) in [5.41, 5.74) is 4.18. The van der Waals surface area contributed by atoms with E-state index >= 15 is 0 Å². The van der Waals surface area contributed by atoms with Crippen molar-refractivity contribution >= 4 is 25.8 Å². The Morgan fingerprint density at radius 1 is 1.12 bits per heavy atom. The Balaban J connectivity index is 1.22. The van der Waals surface area contributed by atoms with Crippen LogP contribution in [0, 0.1) is 11.8 Å². The molecule has 0 saturated carbocycles. The topological polar surface area (TPSA) is 111 Å². The van der Waals surface area contributed by atoms with E-state index in [0.29, 0.717) is 13.0 Å². The van der Waals surface area contributed by atoms with E-state index in [9.17, 15) is 19.5 Å². The average molecular weight is 594 g/mol. The Kier molecular flexibility index (Phi) is 9.84. The molecular formula is C33H47N3O5Si. The van der Waals surface area contributed by atoms with Crippen LogP contribution in [-0.2, 0) is 33.7 Å². The van der Waals surface area contributed by atoms with Gasteiger partial charge in [0.05, 0.1) is 37.2 Å². The normalized spacial score (nSPS) is 27.9. The van der Waals surface area contributed by atoms with Crippen molar-refractivity contribution in [1.82, 2.24) is 10.2 Å². The fraction of sp³-hybridized carbons (Fsp3) is 0.576. The highest BCUT2D eigenvalue weighted by atomic mass is 28.4. The molecule has 0 aliphatic carbocycles. The number of carbonyl (C=O) groups excluding carboxylic acids is 2. The molecule has 0 spiro atoms. The number of benzene rings is 2. The second-order valence-corrected chi connectivity index (χ2v) is 17.0. The van der Waals surface area contributed by atoms with Crippen molar-refractivity contribution in [1.29, 1.82) is 0 Å². The van der Waals surface area contributed by atoms with Crippen molar-refractivity contribution in [2.75, 3.05) is 25.0 Å². The number of nitrogens with zero attached hydrogens (tertiary/aromatic N) is 1. The molecule has 3 aliphatic heterocycles. The van der Waals surface area contributed by atoms with Crippen LogP contribution in [-0.4, -0.2) is 72.9 Å². The summed E-state index contributed by atoms with van der Waals surface area (Å²) in [4.78, 5) is 39.5. The minimum absolute atomic E-state index is 0.00469. The molecule has 1 unspecified atom stereocenters. The molecule has 228 valence electrons. The Morgan fingerprint density at radius 3 is 2.62 bits per heavy atom. The van der Waals surface area contributed by atoms with E-state index in [0.717, 1.165) is 55.6 Å². The molecule has 4 N–H and O–H groups in total. The third kappa shape index (κ3) is 7.14. The van der Waals surface area contributed by atoms with Crippen LogP contribution in [0.3, 0.4) is 0 Å². The van der Waals surface area contributed by atoms with Gasteiger partial charge in [-0.25, -0.2) is 0 Å². The summed E-state index contributed by atoms with van der Waals surface area (Å²) in [6.07, 6.45) is 3.91. The zero-order valence-corrected chi connectivity index (χ0v) is 26.2. The number of amides is 2. The number of hydrogen-bond acceptors (Lipinski definition) is 6. The van der Waals surface area contributed by atoms with E-state index in [4.69, 9.17) is 4.74 Å². The van der Waals surface area contributed by atoms with Crippen LogP contribution in [0.2, 0.25) is 18.6 Å². The number of aryl methyl sites for hydroxylation is 1. The lowest BCUT2D eigenvalue weighted by molar-refractivity contribution is -0.138. The molecule has 2 saturated heterocycles. The molecule has 2 fully saturated rings. The quantitative estimate of drug-likeness (QED) is 0.329. The minimum atomic E-state index is -2.64. The van der Waals surface area contributed by atoms with Crippen LogP contribution in [0.4, 0.5) is 5.69 Å². The predicted octanol–water partition coefficient (Wildman–Crippen LogP) is 3.86. The molecule has 0 bridgehead atoms. The highest BCUT2D eigenvalue weighted by molar-refractivity contribution is 6.71. The summed E-state index contributed by atoms with van der Waals surface area (Å²) in [7, 11) is -2.64. The van der Waals surface area contributed by atoms with Gasteiger partial charge in [0.1, 0.15) is 0 Å². The van der Waals surface area contributed by atoms with Gasteiger partial charge in [0, 0.05) is 24.3 Å². The Bertz CT molecular complexity index is 1240. The maximum absolute atomic E-state index is 13.7. The smallest absolute Gasteiger partial charge is 0.228 e. The van der Waals surface area contributed by atoms with Gasteiger partial charge in [0.15, 0.2) is 8.32 Å². The van der Waals surface area contributed by atoms with E-state index in [-0.39, 0.29) is 60.5 Å². The Labute approximate surface area is 251 Å². The predicted molar refractivity (Wildman–Crippen MR) is 166 cm³/mol. The van der Waals surface area contributed by atoms with Gasteiger partial charge in [-0.1, -0.05) is 43.3 Å². The first-order valence-electron chi connectivity index (χ1n) is 15.6. The number of aliphatic hydroxyl groups is 1. The van der Waals surface area contributed by atoms with Crippen molar-refractivity contribution in [2.45, 2.75) is 88.9 Å². The maximum atomic E-state index is 13.7. The van der Waals surface area contributed by atoms with Crippen LogP contribution < -0.4 is 10.6 Å². The molecule has 2 amide bonds. The number of piperidine rings is 1. The van der Waals surface area contributed by atoms with Crippen molar-refractivity contribution in [2.24, 2.45) is 11.8 Å². The van der Waals surface area contributed by atoms with E-state index < -0.39 is 8.32 Å². The second kappa shape index (κ2) is 13.4. The molecule has 3 aliphatic rings. The molecule has 5 rings (SSSR count). The van der Waals surface area contributed by atoms with Crippen LogP contribution in [0.25, 0.3) is 0 Å². The van der Waals surface area contributed by atoms with Gasteiger partial charge in [-0.05, 0) is 86.5 Å². The first-order chi connectivity index (χ1) is 20.1. The van der Waals surface area contributed by atoms with Gasteiger partial charge in [0.2, 0.25) is 11.8 Å². The van der Waals surface area contributed by atoms with Crippen molar-refractivity contribution in [3.05, 3.63) is 65.2 Å². The van der Waals surface area contributed by atoms with Crippen molar-refractivity contribution in [3.63, 3.8) is 0 Å². The molecule has 6 atom stereocenters. The monoisotopic (exact) mass is 593 g/mol. The highest BCUT2D eigenvalue weighted by Gasteiger charge is 2.50. The standard InChI is InChI=1S/C33H47N3O5Si/c1-22-29(14-13-23-8-6-12-27(16-23)35-33(39)25-11-7-15-34-19-25)41-30(32(22)42(2,3)40)18-31(38)36-20-26-10-5-4-9-24(26)17-28(36)21-37/h4-6,8-10,12,16,22,25,28-30,32,34,37,40H,7,11,13-15,17-21H2,1-3H3,(H,35,39)/t22-,25?,28+,29+,30-,32+/m1/s1. The molecule has 0 aromatic heterocycles. The maximum Gasteiger partial charge on any atom is 0.228 e. The summed E-state index contributed by atoms with van der Waals surface area (Å²) in [5, 5.41) is 16.5. The van der Waals surface area contributed by atoms with Crippen LogP contribution in [0.5, 0.6) is 0 Å². The van der Waals surface area contributed by atoms with Crippen LogP contribution >= 0.6 is 0 Å². The number of ether oxygens (including phenoxy) is 1. The fourth-order valence-electron chi connectivity index (χ4n) is 7.37. The Hall–Kier alpha value is -2.56. The summed E-state index contributed by atoms with van der Waals surface area (Å²) < 4.78 is 6.60. The molecule has 2 aromatic rings. The largest absolute Gasteiger partial charge is 0.432 e. The molecular weight excluding hydrogens is 546 g/mol. The zero-order chi connectivity index (χ0) is 29.9. The zero-order valence-electron chi connectivity index (χ0n) is 25.2. The molecule has 8 nitrogen and oxygen atoms in total. The number of nitrogens with one attached hydrogen (secondary N) is 2. The number of hydrogen-bond donors (Lipinski definition) is 4. The minimum Gasteiger partial charge on any atom is -0.432 e. The number of anilines is 1. The first-order valence-corrected chi connectivity index (χ1v) is 18.6. The summed E-state index contributed by atoms with van der Waals surface area (Å²) in [5.74, 6) is 0.163. The second-order valence-electron chi connectivity index (χ2n) is 13.1. The third-order valence-electron chi connectivity index (χ3n) is 9.56. The summed E-state index contributed by atoms with van der Waals surface area (Å²) in [6, 6.07) is 15.9. The average Bonchev–Trinajstić information content (AvgIpc) is 3.30. The number of aliphatic hydroxyl groups excluding tert-OH is 1. The van der Waals surface area contributed by atoms with E-state index in [2.05, 4.69) is 29.7 Å². The number of fused-ring (bicyclic) bond motifs is 1. The van der Waals surface area contributed by atoms with Gasteiger partial charge in [-0.15, -0.1) is 0 Å². The SMILES string of the molecule is C[C@H]1[C@H]([Si](C)(C)O)[C@@H](CC(=O)N2Cc3ccccc3C[C@H]2CO)O[C@H]1CCc1cccc(NC(=O)C2CCCNC2)c1.